The number of anilines is 5. The van der Waals surface area contributed by atoms with Crippen LogP contribution >= 0.6 is 0 Å². The molecule has 3 aromatic rings. The van der Waals surface area contributed by atoms with E-state index in [2.05, 4.69) is 77.7 Å². The van der Waals surface area contributed by atoms with Crippen molar-refractivity contribution in [2.24, 2.45) is 4.99 Å². The van der Waals surface area contributed by atoms with Crippen LogP contribution in [0.15, 0.2) is 77.8 Å². The number of aliphatic imine (C=N–C) groups is 1. The maximum Gasteiger partial charge on any atom is 0.224 e. The molecule has 0 saturated heterocycles. The van der Waals surface area contributed by atoms with Gasteiger partial charge in [-0.2, -0.15) is 0 Å². The third-order valence-corrected chi connectivity index (χ3v) is 16.1. The summed E-state index contributed by atoms with van der Waals surface area (Å²) in [5.41, 5.74) is 5.35. The topological polar surface area (TPSA) is 83.0 Å². The van der Waals surface area contributed by atoms with Crippen molar-refractivity contribution in [3.05, 3.63) is 72.8 Å². The van der Waals surface area contributed by atoms with Gasteiger partial charge in [0.25, 0.3) is 0 Å². The molecule has 0 atom stereocenters. The summed E-state index contributed by atoms with van der Waals surface area (Å²) < 4.78 is 5.82. The third kappa shape index (κ3) is 38.3. The number of amides is 2. The minimum absolute atomic E-state index is 0.0754. The highest BCUT2D eigenvalue weighted by Crippen LogP contribution is 2.37. The Morgan fingerprint density at radius 3 is 0.861 bits per heavy atom. The van der Waals surface area contributed by atoms with Crippen LogP contribution in [-0.2, 0) is 14.3 Å². The molecule has 0 spiro atoms. The van der Waals surface area contributed by atoms with E-state index in [0.29, 0.717) is 19.4 Å². The number of rotatable bonds is 55. The van der Waals surface area contributed by atoms with Crippen LogP contribution in [0, 0.1) is 0 Å². The van der Waals surface area contributed by atoms with Gasteiger partial charge in [-0.15, -0.1) is 0 Å². The second kappa shape index (κ2) is 50.8. The lowest BCUT2D eigenvalue weighted by atomic mass is 10.0. The van der Waals surface area contributed by atoms with Gasteiger partial charge in [0, 0.05) is 41.3 Å². The van der Waals surface area contributed by atoms with Crippen LogP contribution in [0.3, 0.4) is 0 Å². The van der Waals surface area contributed by atoms with Crippen LogP contribution in [0.2, 0.25) is 0 Å². The average molecular weight is 1090 g/mol. The van der Waals surface area contributed by atoms with Crippen LogP contribution in [0.4, 0.5) is 34.1 Å². The van der Waals surface area contributed by atoms with Crippen LogP contribution in [0.5, 0.6) is 0 Å². The number of unbranched alkanes of at least 4 members (excludes halogenated alkanes) is 42. The Labute approximate surface area is 486 Å². The summed E-state index contributed by atoms with van der Waals surface area (Å²) in [6.45, 7) is 7.56. The molecule has 0 aliphatic rings. The molecule has 2 amide bonds. The van der Waals surface area contributed by atoms with Gasteiger partial charge in [0.2, 0.25) is 11.8 Å². The molecule has 0 aromatic heterocycles. The lowest BCUT2D eigenvalue weighted by molar-refractivity contribution is -0.117. The van der Waals surface area contributed by atoms with Crippen molar-refractivity contribution in [2.45, 2.75) is 323 Å². The van der Waals surface area contributed by atoms with Gasteiger partial charge in [-0.3, -0.25) is 9.59 Å². The van der Waals surface area contributed by atoms with E-state index in [-0.39, 0.29) is 11.8 Å². The maximum atomic E-state index is 13.0. The van der Waals surface area contributed by atoms with Crippen molar-refractivity contribution in [2.75, 3.05) is 22.1 Å². The predicted octanol–water partition coefficient (Wildman–Crippen LogP) is 24.1. The van der Waals surface area contributed by atoms with Crippen LogP contribution in [0.25, 0.3) is 0 Å². The van der Waals surface area contributed by atoms with E-state index in [1.807, 2.05) is 36.4 Å². The molecule has 2 N–H and O–H groups in total. The van der Waals surface area contributed by atoms with E-state index >= 15 is 0 Å². The van der Waals surface area contributed by atoms with E-state index in [1.165, 1.54) is 257 Å². The molecular weight excluding hydrogens is 969 g/mol. The van der Waals surface area contributed by atoms with E-state index in [0.717, 1.165) is 66.2 Å². The molecule has 0 fully saturated rings. The summed E-state index contributed by atoms with van der Waals surface area (Å²) in [6, 6.07) is 24.4. The molecule has 3 rings (SSSR count). The predicted molar refractivity (Wildman–Crippen MR) is 347 cm³/mol. The summed E-state index contributed by atoms with van der Waals surface area (Å²) in [4.78, 5) is 32.8. The van der Waals surface area contributed by atoms with E-state index in [9.17, 15) is 9.59 Å². The van der Waals surface area contributed by atoms with Gasteiger partial charge in [-0.1, -0.05) is 290 Å². The monoisotopic (exact) mass is 1090 g/mol. The highest BCUT2D eigenvalue weighted by Gasteiger charge is 2.14. The maximum absolute atomic E-state index is 13.0. The number of carbonyl (C=O) groups excluding carboxylic acids is 2. The van der Waals surface area contributed by atoms with Gasteiger partial charge < -0.3 is 20.3 Å². The Morgan fingerprint density at radius 1 is 0.342 bits per heavy atom. The first-order valence-electron chi connectivity index (χ1n) is 33.9. The quantitative estimate of drug-likeness (QED) is 0.0335. The number of carbonyl (C=O) groups is 2. The van der Waals surface area contributed by atoms with Crippen LogP contribution < -0.4 is 15.5 Å². The molecule has 0 heterocycles. The first kappa shape index (κ1) is 69.1. The van der Waals surface area contributed by atoms with E-state index in [4.69, 9.17) is 4.74 Å². The second-order valence-corrected chi connectivity index (χ2v) is 23.5. The van der Waals surface area contributed by atoms with Crippen molar-refractivity contribution in [1.82, 2.24) is 0 Å². The molecule has 0 aliphatic heterocycles. The van der Waals surface area contributed by atoms with Crippen LogP contribution in [0.1, 0.15) is 323 Å². The summed E-state index contributed by atoms with van der Waals surface area (Å²) in [5, 5.41) is 6.29. The zero-order valence-corrected chi connectivity index (χ0v) is 51.6. The molecule has 3 aromatic carbocycles. The van der Waals surface area contributed by atoms with Gasteiger partial charge in [0.1, 0.15) is 0 Å². The van der Waals surface area contributed by atoms with Gasteiger partial charge in [-0.25, -0.2) is 4.99 Å². The summed E-state index contributed by atoms with van der Waals surface area (Å²) >= 11 is 0. The Morgan fingerprint density at radius 2 is 0.582 bits per heavy atom. The molecule has 0 bridgehead atoms. The largest absolute Gasteiger partial charge is 0.483 e. The molecule has 7 heteroatoms. The first-order chi connectivity index (χ1) is 39.0. The smallest absolute Gasteiger partial charge is 0.224 e. The number of nitrogens with zero attached hydrogens (tertiary/aromatic N) is 2. The fourth-order valence-electron chi connectivity index (χ4n) is 11.0. The summed E-state index contributed by atoms with van der Waals surface area (Å²) in [5.74, 6) is 0.151. The molecule has 0 unspecified atom stereocenters. The molecule has 79 heavy (non-hydrogen) atoms. The zero-order valence-electron chi connectivity index (χ0n) is 51.6. The fraction of sp³-hybridized carbons (Fsp3) is 0.708. The first-order valence-corrected chi connectivity index (χ1v) is 33.9. The Balaban J connectivity index is 1.43. The minimum atomic E-state index is 0.0754. The van der Waals surface area contributed by atoms with Gasteiger partial charge in [0.15, 0.2) is 6.40 Å². The van der Waals surface area contributed by atoms with Crippen molar-refractivity contribution in [1.29, 1.82) is 0 Å². The highest BCUT2D eigenvalue weighted by atomic mass is 16.5. The lowest BCUT2D eigenvalue weighted by Crippen LogP contribution is -2.13. The molecule has 0 saturated carbocycles. The van der Waals surface area contributed by atoms with E-state index in [1.54, 1.807) is 6.40 Å². The highest BCUT2D eigenvalue weighted by molar-refractivity contribution is 5.92. The standard InChI is InChI=1S/C72H120N4O3/c1-4-7-10-13-16-19-22-25-28-31-34-37-40-43-46-49-71(77)74-66-53-59-69(60-54-66)76(68-57-51-65(52-58-68)73-64-79-63-48-45-42-39-36-33-30-27-24-21-18-15-12-9-6-3)70-61-55-67(56-62-70)75-72(78)50-47-44-41-38-35-32-29-26-23-20-17-14-11-8-5-2/h51-62,64H,4-50,63H2,1-3H3,(H,74,77)(H,75,78). The molecule has 0 radical (unpaired) electrons. The third-order valence-electron chi connectivity index (χ3n) is 16.1. The van der Waals surface area contributed by atoms with Gasteiger partial charge in [0.05, 0.1) is 12.3 Å². The number of benzene rings is 3. The van der Waals surface area contributed by atoms with E-state index < -0.39 is 0 Å². The summed E-state index contributed by atoms with van der Waals surface area (Å²) in [6.07, 6.45) is 62.4. The number of hydrogen-bond acceptors (Lipinski definition) is 5. The van der Waals surface area contributed by atoms with Crippen molar-refractivity contribution in [3.63, 3.8) is 0 Å². The SMILES string of the molecule is CCCCCCCCCCCCCCCCCOC=Nc1ccc(N(c2ccc(NC(=O)CCCCCCCCCCCCCCCCC)cc2)c2ccc(NC(=O)CCCCCCCCCCCCCCCCC)cc2)cc1. The number of nitrogens with one attached hydrogen (secondary N) is 2. The Kier molecular flexibility index (Phi) is 44.5. The minimum Gasteiger partial charge on any atom is -0.483 e. The molecule has 7 nitrogen and oxygen atoms in total. The number of hydrogen-bond donors (Lipinski definition) is 2. The Hall–Kier alpha value is -4.13. The number of ether oxygens (including phenoxy) is 1. The molecule has 0 aliphatic carbocycles. The van der Waals surface area contributed by atoms with Gasteiger partial charge in [-0.05, 0) is 92.1 Å². The molecule has 446 valence electrons. The molecular formula is C72H120N4O3. The van der Waals surface area contributed by atoms with Crippen molar-refractivity contribution < 1.29 is 14.3 Å². The Bertz CT molecular complexity index is 1770. The fourth-order valence-corrected chi connectivity index (χ4v) is 11.0. The summed E-state index contributed by atoms with van der Waals surface area (Å²) in [7, 11) is 0. The van der Waals surface area contributed by atoms with Gasteiger partial charge >= 0.3 is 0 Å². The van der Waals surface area contributed by atoms with Crippen molar-refractivity contribution >= 4 is 52.3 Å². The normalized spacial score (nSPS) is 11.4. The van der Waals surface area contributed by atoms with Crippen molar-refractivity contribution in [3.8, 4) is 0 Å². The lowest BCUT2D eigenvalue weighted by Gasteiger charge is -2.26. The second-order valence-electron chi connectivity index (χ2n) is 23.5. The average Bonchev–Trinajstić information content (AvgIpc) is 3.49. The van der Waals surface area contributed by atoms with Crippen LogP contribution in [-0.4, -0.2) is 24.8 Å². The zero-order chi connectivity index (χ0) is 56.2.